The maximum atomic E-state index is 13.1. The zero-order valence-electron chi connectivity index (χ0n) is 12.4. The second-order valence-corrected chi connectivity index (χ2v) is 5.86. The number of alkyl halides is 3. The van der Waals surface area contributed by atoms with Gasteiger partial charge in [0.1, 0.15) is 0 Å². The largest absolute Gasteiger partial charge is 0.417 e. The molecule has 23 heavy (non-hydrogen) atoms. The van der Waals surface area contributed by atoms with Crippen LogP contribution < -0.4 is 5.32 Å². The molecule has 1 N–H and O–H groups in total. The zero-order chi connectivity index (χ0) is 17.3. The Morgan fingerprint density at radius 3 is 2.39 bits per heavy atom. The fraction of sp³-hybridized carbons (Fsp3) is 0.250. The normalized spacial score (nSPS) is 12.1. The maximum absolute atomic E-state index is 13.1. The topological polar surface area (TPSA) is 42.0 Å². The van der Waals surface area contributed by atoms with E-state index in [-0.39, 0.29) is 5.02 Å². The standard InChI is InChI=1S/C16H14ClF3N2O/c1-15(2,12-8-3-4-9-21-12)22-14(23)13-10(16(18,19)20)6-5-7-11(13)17/h3-9H,1-2H3,(H,22,23). The molecule has 0 spiro atoms. The second-order valence-electron chi connectivity index (χ2n) is 5.45. The Morgan fingerprint density at radius 1 is 1.13 bits per heavy atom. The maximum Gasteiger partial charge on any atom is 0.417 e. The van der Waals surface area contributed by atoms with Crippen LogP contribution in [0.15, 0.2) is 42.6 Å². The van der Waals surface area contributed by atoms with Gasteiger partial charge in [0, 0.05) is 6.20 Å². The average molecular weight is 343 g/mol. The predicted octanol–water partition coefficient (Wildman–Crippen LogP) is 4.42. The Morgan fingerprint density at radius 2 is 1.83 bits per heavy atom. The van der Waals surface area contributed by atoms with Crippen molar-refractivity contribution >= 4 is 17.5 Å². The molecule has 0 fully saturated rings. The number of benzene rings is 1. The number of pyridine rings is 1. The summed E-state index contributed by atoms with van der Waals surface area (Å²) >= 11 is 5.83. The highest BCUT2D eigenvalue weighted by Crippen LogP contribution is 2.35. The first-order valence-electron chi connectivity index (χ1n) is 6.72. The van der Waals surface area contributed by atoms with Crippen LogP contribution in [0.3, 0.4) is 0 Å². The van der Waals surface area contributed by atoms with E-state index in [1.807, 2.05) is 0 Å². The molecule has 0 aliphatic rings. The number of amides is 1. The van der Waals surface area contributed by atoms with E-state index >= 15 is 0 Å². The number of carbonyl (C=O) groups excluding carboxylic acids is 1. The van der Waals surface area contributed by atoms with Gasteiger partial charge in [-0.3, -0.25) is 9.78 Å². The van der Waals surface area contributed by atoms with E-state index in [0.717, 1.165) is 12.1 Å². The molecule has 1 amide bonds. The van der Waals surface area contributed by atoms with Crippen molar-refractivity contribution in [2.45, 2.75) is 25.6 Å². The summed E-state index contributed by atoms with van der Waals surface area (Å²) < 4.78 is 39.3. The second kappa shape index (κ2) is 6.20. The molecule has 0 aliphatic heterocycles. The Hall–Kier alpha value is -2.08. The molecule has 122 valence electrons. The molecular weight excluding hydrogens is 329 g/mol. The van der Waals surface area contributed by atoms with Gasteiger partial charge >= 0.3 is 6.18 Å². The van der Waals surface area contributed by atoms with Crippen molar-refractivity contribution in [2.24, 2.45) is 0 Å². The van der Waals surface area contributed by atoms with Crippen LogP contribution in [0.1, 0.15) is 35.5 Å². The fourth-order valence-electron chi connectivity index (χ4n) is 2.13. The van der Waals surface area contributed by atoms with Crippen LogP contribution in [0.25, 0.3) is 0 Å². The summed E-state index contributed by atoms with van der Waals surface area (Å²) in [5.41, 5.74) is -2.10. The number of hydrogen-bond donors (Lipinski definition) is 1. The molecule has 1 aromatic carbocycles. The van der Waals surface area contributed by atoms with E-state index in [1.54, 1.807) is 38.2 Å². The number of rotatable bonds is 3. The van der Waals surface area contributed by atoms with Gasteiger partial charge in [0.15, 0.2) is 0 Å². The van der Waals surface area contributed by atoms with Crippen LogP contribution in [-0.4, -0.2) is 10.9 Å². The van der Waals surface area contributed by atoms with Crippen LogP contribution in [0.4, 0.5) is 13.2 Å². The summed E-state index contributed by atoms with van der Waals surface area (Å²) in [6, 6.07) is 8.35. The number of carbonyl (C=O) groups is 1. The highest BCUT2D eigenvalue weighted by atomic mass is 35.5. The lowest BCUT2D eigenvalue weighted by Crippen LogP contribution is -2.42. The van der Waals surface area contributed by atoms with Crippen molar-refractivity contribution < 1.29 is 18.0 Å². The van der Waals surface area contributed by atoms with Crippen molar-refractivity contribution in [3.05, 3.63) is 64.4 Å². The lowest BCUT2D eigenvalue weighted by Gasteiger charge is -2.26. The Balaban J connectivity index is 2.39. The monoisotopic (exact) mass is 342 g/mol. The van der Waals surface area contributed by atoms with Crippen molar-refractivity contribution in [3.8, 4) is 0 Å². The average Bonchev–Trinajstić information content (AvgIpc) is 2.46. The third kappa shape index (κ3) is 3.82. The molecule has 0 radical (unpaired) electrons. The lowest BCUT2D eigenvalue weighted by molar-refractivity contribution is -0.137. The molecule has 2 rings (SSSR count). The molecule has 0 bridgehead atoms. The van der Waals surface area contributed by atoms with Gasteiger partial charge in [-0.15, -0.1) is 0 Å². The quantitative estimate of drug-likeness (QED) is 0.897. The van der Waals surface area contributed by atoms with E-state index < -0.39 is 28.7 Å². The molecule has 0 saturated carbocycles. The highest BCUT2D eigenvalue weighted by molar-refractivity contribution is 6.34. The molecule has 7 heteroatoms. The predicted molar refractivity (Wildman–Crippen MR) is 81.2 cm³/mol. The van der Waals surface area contributed by atoms with Crippen LogP contribution in [0.5, 0.6) is 0 Å². The summed E-state index contributed by atoms with van der Waals surface area (Å²) in [6.07, 6.45) is -3.13. The van der Waals surface area contributed by atoms with Gasteiger partial charge in [0.2, 0.25) is 0 Å². The first-order chi connectivity index (χ1) is 10.6. The van der Waals surface area contributed by atoms with Gasteiger partial charge in [0.05, 0.1) is 27.4 Å². The molecule has 0 saturated heterocycles. The molecule has 3 nitrogen and oxygen atoms in total. The van der Waals surface area contributed by atoms with Crippen molar-refractivity contribution in [3.63, 3.8) is 0 Å². The van der Waals surface area contributed by atoms with Crippen LogP contribution in [0, 0.1) is 0 Å². The summed E-state index contributed by atoms with van der Waals surface area (Å²) in [5.74, 6) is -0.904. The van der Waals surface area contributed by atoms with Gasteiger partial charge in [-0.2, -0.15) is 13.2 Å². The molecule has 0 atom stereocenters. The molecule has 0 aliphatic carbocycles. The van der Waals surface area contributed by atoms with E-state index in [0.29, 0.717) is 5.69 Å². The summed E-state index contributed by atoms with van der Waals surface area (Å²) in [4.78, 5) is 16.5. The smallest absolute Gasteiger partial charge is 0.341 e. The zero-order valence-corrected chi connectivity index (χ0v) is 13.2. The summed E-state index contributed by atoms with van der Waals surface area (Å²) in [6.45, 7) is 3.30. The molecule has 2 aromatic rings. The first kappa shape index (κ1) is 17.3. The molecule has 1 aromatic heterocycles. The number of nitrogens with zero attached hydrogens (tertiary/aromatic N) is 1. The molecule has 0 unspecified atom stereocenters. The van der Waals surface area contributed by atoms with Crippen molar-refractivity contribution in [2.75, 3.05) is 0 Å². The highest BCUT2D eigenvalue weighted by Gasteiger charge is 2.37. The van der Waals surface area contributed by atoms with Crippen molar-refractivity contribution in [1.29, 1.82) is 0 Å². The van der Waals surface area contributed by atoms with Crippen LogP contribution in [-0.2, 0) is 11.7 Å². The van der Waals surface area contributed by atoms with Crippen LogP contribution in [0.2, 0.25) is 5.02 Å². The third-order valence-electron chi connectivity index (χ3n) is 3.28. The number of hydrogen-bond acceptors (Lipinski definition) is 2. The molecular formula is C16H14ClF3N2O. The van der Waals surface area contributed by atoms with Crippen molar-refractivity contribution in [1.82, 2.24) is 10.3 Å². The van der Waals surface area contributed by atoms with Crippen LogP contribution >= 0.6 is 11.6 Å². The van der Waals surface area contributed by atoms with Gasteiger partial charge in [-0.05, 0) is 38.1 Å². The number of halogens is 4. The third-order valence-corrected chi connectivity index (χ3v) is 3.59. The SMILES string of the molecule is CC(C)(NC(=O)c1c(Cl)cccc1C(F)(F)F)c1ccccn1. The van der Waals surface area contributed by atoms with Gasteiger partial charge in [-0.25, -0.2) is 0 Å². The number of aromatic nitrogens is 1. The minimum absolute atomic E-state index is 0.255. The molecule has 1 heterocycles. The van der Waals surface area contributed by atoms with E-state index in [2.05, 4.69) is 10.3 Å². The van der Waals surface area contributed by atoms with Gasteiger partial charge < -0.3 is 5.32 Å². The fourth-order valence-corrected chi connectivity index (χ4v) is 2.39. The minimum atomic E-state index is -4.67. The Kier molecular flexibility index (Phi) is 4.66. The minimum Gasteiger partial charge on any atom is -0.341 e. The Bertz CT molecular complexity index is 715. The summed E-state index contributed by atoms with van der Waals surface area (Å²) in [5, 5.41) is 2.30. The lowest BCUT2D eigenvalue weighted by atomic mass is 9.98. The number of nitrogens with one attached hydrogen (secondary N) is 1. The van der Waals surface area contributed by atoms with Gasteiger partial charge in [0.25, 0.3) is 5.91 Å². The van der Waals surface area contributed by atoms with E-state index in [1.165, 1.54) is 6.07 Å². The van der Waals surface area contributed by atoms with Gasteiger partial charge in [-0.1, -0.05) is 23.7 Å². The first-order valence-corrected chi connectivity index (χ1v) is 7.10. The van der Waals surface area contributed by atoms with E-state index in [9.17, 15) is 18.0 Å². The Labute approximate surface area is 136 Å². The van der Waals surface area contributed by atoms with E-state index in [4.69, 9.17) is 11.6 Å². The summed E-state index contributed by atoms with van der Waals surface area (Å²) in [7, 11) is 0.